The van der Waals surface area contributed by atoms with Crippen LogP contribution in [-0.2, 0) is 23.8 Å². The van der Waals surface area contributed by atoms with Crippen molar-refractivity contribution >= 4 is 11.9 Å². The molecule has 1 aliphatic rings. The molecule has 0 aromatic heterocycles. The summed E-state index contributed by atoms with van der Waals surface area (Å²) in [4.78, 5) is 26.5. The van der Waals surface area contributed by atoms with Crippen LogP contribution in [0.15, 0.2) is 122 Å². The molecule has 0 aromatic carbocycles. The van der Waals surface area contributed by atoms with Gasteiger partial charge in [0.15, 0.2) is 12.4 Å². The van der Waals surface area contributed by atoms with Gasteiger partial charge in [-0.25, -0.2) is 0 Å². The normalized spacial score (nSPS) is 19.8. The number of carbonyl (C=O) groups is 2. The summed E-state index contributed by atoms with van der Waals surface area (Å²) in [6.07, 6.45) is 63.8. The number of nitrogens with one attached hydrogen (secondary N) is 1. The Morgan fingerprint density at radius 1 is 0.513 bits per heavy atom. The van der Waals surface area contributed by atoms with Crippen LogP contribution in [0, 0.1) is 0 Å². The zero-order valence-electron chi connectivity index (χ0n) is 49.0. The highest BCUT2D eigenvalue weighted by molar-refractivity contribution is 5.80. The minimum atomic E-state index is -1.65. The van der Waals surface area contributed by atoms with Crippen molar-refractivity contribution in [2.45, 2.75) is 275 Å². The molecule has 6 N–H and O–H groups in total. The van der Waals surface area contributed by atoms with Gasteiger partial charge in [-0.15, -0.1) is 0 Å². The Labute approximate surface area is 474 Å². The molecule has 78 heavy (non-hydrogen) atoms. The quantitative estimate of drug-likeness (QED) is 0.0195. The van der Waals surface area contributed by atoms with Crippen LogP contribution in [0.4, 0.5) is 0 Å². The van der Waals surface area contributed by atoms with E-state index in [4.69, 9.17) is 14.2 Å². The molecular formula is C67H111NO10. The van der Waals surface area contributed by atoms with E-state index in [9.17, 15) is 35.1 Å². The van der Waals surface area contributed by atoms with Crippen LogP contribution in [0.25, 0.3) is 0 Å². The van der Waals surface area contributed by atoms with Crippen LogP contribution in [0.1, 0.15) is 226 Å². The lowest BCUT2D eigenvalue weighted by atomic mass is 9.99. The van der Waals surface area contributed by atoms with Gasteiger partial charge in [0, 0.05) is 6.42 Å². The fourth-order valence-electron chi connectivity index (χ4n) is 8.73. The second-order valence-electron chi connectivity index (χ2n) is 20.7. The van der Waals surface area contributed by atoms with Crippen LogP contribution in [0.3, 0.4) is 0 Å². The summed E-state index contributed by atoms with van der Waals surface area (Å²) in [5.74, 6) is -1.29. The van der Waals surface area contributed by atoms with E-state index >= 15 is 0 Å². The third-order valence-corrected chi connectivity index (χ3v) is 13.6. The Morgan fingerprint density at radius 2 is 0.923 bits per heavy atom. The Bertz CT molecular complexity index is 1730. The first-order valence-electron chi connectivity index (χ1n) is 30.8. The summed E-state index contributed by atoms with van der Waals surface area (Å²) in [7, 11) is 0. The summed E-state index contributed by atoms with van der Waals surface area (Å²) in [6, 6.07) is -1.05. The average molecular weight is 1090 g/mol. The number of hydrogen-bond donors (Lipinski definition) is 6. The number of allylic oxidation sites excluding steroid dienone is 19. The van der Waals surface area contributed by atoms with E-state index < -0.39 is 67.4 Å². The van der Waals surface area contributed by atoms with Gasteiger partial charge >= 0.3 is 5.97 Å². The molecule has 0 spiro atoms. The van der Waals surface area contributed by atoms with E-state index in [0.717, 1.165) is 103 Å². The lowest BCUT2D eigenvalue weighted by Crippen LogP contribution is -2.61. The first-order valence-corrected chi connectivity index (χ1v) is 30.8. The molecule has 1 amide bonds. The number of unbranched alkanes of at least 4 members (excludes halogenated alkanes) is 18. The summed E-state index contributed by atoms with van der Waals surface area (Å²) in [5.41, 5.74) is 0. The molecule has 8 atom stereocenters. The van der Waals surface area contributed by atoms with Crippen LogP contribution < -0.4 is 5.32 Å². The topological polar surface area (TPSA) is 175 Å². The maximum atomic E-state index is 13.4. The third-order valence-electron chi connectivity index (χ3n) is 13.6. The standard InChI is InChI=1S/C67H111NO10/c1-4-7-10-13-16-19-22-25-27-29-30-31-33-34-36-39-42-45-48-51-54-60(71)66(75)68-58(59(70)53-50-47-44-41-38-24-21-18-15-12-9-6-3)57-76-67-65(64(74)63(73)61(56-69)77-67)78-62(72)55-52-49-46-43-40-37-35-32-28-26-23-20-17-14-11-8-5-2/h8,11,16-17,19-20,25-28,30-31,34-37,43,46,50,53,58-61,63-65,67,69-71,73-74H,4-7,9-10,12-15,18,21-24,29,32-33,38-42,44-45,47-49,51-52,54-57H2,1-3H3,(H,68,75)/b11-8-,19-16-,20-17-,27-25-,28-26-,31-30-,36-34-,37-35-,46-43-,53-50+. The van der Waals surface area contributed by atoms with Gasteiger partial charge in [-0.1, -0.05) is 232 Å². The minimum absolute atomic E-state index is 0.0360. The maximum absolute atomic E-state index is 13.4. The molecule has 0 radical (unpaired) electrons. The number of carbonyl (C=O) groups excluding carboxylic acids is 2. The van der Waals surface area contributed by atoms with Crippen LogP contribution in [0.5, 0.6) is 0 Å². The second-order valence-corrected chi connectivity index (χ2v) is 20.7. The van der Waals surface area contributed by atoms with Crippen LogP contribution >= 0.6 is 0 Å². The van der Waals surface area contributed by atoms with Crippen LogP contribution in [0.2, 0.25) is 0 Å². The molecule has 1 aliphatic heterocycles. The number of hydrogen-bond acceptors (Lipinski definition) is 10. The largest absolute Gasteiger partial charge is 0.454 e. The van der Waals surface area contributed by atoms with E-state index in [2.05, 4.69) is 123 Å². The fraction of sp³-hybridized carbons (Fsp3) is 0.672. The molecule has 0 saturated carbocycles. The molecular weight excluding hydrogens is 979 g/mol. The highest BCUT2D eigenvalue weighted by Crippen LogP contribution is 2.26. The van der Waals surface area contributed by atoms with Gasteiger partial charge in [-0.05, 0) is 109 Å². The number of aliphatic hydroxyl groups excluding tert-OH is 5. The molecule has 11 nitrogen and oxygen atoms in total. The van der Waals surface area contributed by atoms with Gasteiger partial charge in [0.05, 0.1) is 25.4 Å². The minimum Gasteiger partial charge on any atom is -0.454 e. The molecule has 0 bridgehead atoms. The van der Waals surface area contributed by atoms with Crippen molar-refractivity contribution in [2.75, 3.05) is 13.2 Å². The highest BCUT2D eigenvalue weighted by Gasteiger charge is 2.47. The highest BCUT2D eigenvalue weighted by atomic mass is 16.7. The monoisotopic (exact) mass is 1090 g/mol. The van der Waals surface area contributed by atoms with Crippen molar-refractivity contribution in [1.82, 2.24) is 5.32 Å². The predicted octanol–water partition coefficient (Wildman–Crippen LogP) is 14.7. The van der Waals surface area contributed by atoms with Crippen molar-refractivity contribution in [2.24, 2.45) is 0 Å². The summed E-state index contributed by atoms with van der Waals surface area (Å²) in [5, 5.41) is 56.9. The number of ether oxygens (including phenoxy) is 3. The SMILES string of the molecule is CC/C=C\C/C=C\C/C=C\C/C=C\C/C=C\CCCC(=O)OC1C(OCC(NC(=O)C(O)CCCCCC/C=C\C/C=C\C/C=C\C/C=C\CCCCC)C(O)/C=C/CCCCCCCCCCCC)OC(CO)C(O)C1O. The van der Waals surface area contributed by atoms with E-state index in [1.165, 1.54) is 70.6 Å². The summed E-state index contributed by atoms with van der Waals surface area (Å²) < 4.78 is 17.5. The first-order chi connectivity index (χ1) is 38.2. The van der Waals surface area contributed by atoms with Gasteiger partial charge in [0.2, 0.25) is 5.91 Å². The van der Waals surface area contributed by atoms with E-state index in [-0.39, 0.29) is 19.4 Å². The van der Waals surface area contributed by atoms with Crippen molar-refractivity contribution < 1.29 is 49.3 Å². The molecule has 444 valence electrons. The molecule has 1 fully saturated rings. The van der Waals surface area contributed by atoms with Crippen LogP contribution in [-0.4, -0.2) is 99.6 Å². The zero-order valence-corrected chi connectivity index (χ0v) is 49.0. The first kappa shape index (κ1) is 72.1. The van der Waals surface area contributed by atoms with Crippen molar-refractivity contribution in [1.29, 1.82) is 0 Å². The number of esters is 1. The van der Waals surface area contributed by atoms with Gasteiger partial charge in [0.25, 0.3) is 0 Å². The predicted molar refractivity (Wildman–Crippen MR) is 324 cm³/mol. The van der Waals surface area contributed by atoms with Gasteiger partial charge in [-0.3, -0.25) is 9.59 Å². The van der Waals surface area contributed by atoms with Crippen molar-refractivity contribution in [3.05, 3.63) is 122 Å². The Hall–Kier alpha value is -3.94. The number of rotatable bonds is 50. The molecule has 8 unspecified atom stereocenters. The Balaban J connectivity index is 2.75. The molecule has 1 saturated heterocycles. The van der Waals surface area contributed by atoms with Crippen molar-refractivity contribution in [3.63, 3.8) is 0 Å². The number of aliphatic hydroxyl groups is 5. The molecule has 0 aromatic rings. The molecule has 0 aliphatic carbocycles. The fourth-order valence-corrected chi connectivity index (χ4v) is 8.73. The average Bonchev–Trinajstić information content (AvgIpc) is 3.45. The maximum Gasteiger partial charge on any atom is 0.306 e. The second kappa shape index (κ2) is 53.7. The van der Waals surface area contributed by atoms with Crippen molar-refractivity contribution in [3.8, 4) is 0 Å². The summed E-state index contributed by atoms with van der Waals surface area (Å²) in [6.45, 7) is 5.59. The smallest absolute Gasteiger partial charge is 0.306 e. The van der Waals surface area contributed by atoms with E-state index in [1.54, 1.807) is 6.08 Å². The van der Waals surface area contributed by atoms with Gasteiger partial charge in [-0.2, -0.15) is 0 Å². The molecule has 11 heteroatoms. The third kappa shape index (κ3) is 41.1. The Kier molecular flexibility index (Phi) is 49.6. The summed E-state index contributed by atoms with van der Waals surface area (Å²) >= 11 is 0. The van der Waals surface area contributed by atoms with Gasteiger partial charge < -0.3 is 45.1 Å². The lowest BCUT2D eigenvalue weighted by molar-refractivity contribution is -0.305. The van der Waals surface area contributed by atoms with E-state index in [0.29, 0.717) is 19.3 Å². The molecule has 1 heterocycles. The van der Waals surface area contributed by atoms with E-state index in [1.807, 2.05) is 18.2 Å². The van der Waals surface area contributed by atoms with Gasteiger partial charge in [0.1, 0.15) is 24.4 Å². The molecule has 1 rings (SSSR count). The lowest BCUT2D eigenvalue weighted by Gasteiger charge is -2.41. The Morgan fingerprint density at radius 3 is 1.41 bits per heavy atom. The zero-order chi connectivity index (χ0) is 56.8. The number of amides is 1.